The zero-order chi connectivity index (χ0) is 20.2. The Labute approximate surface area is 173 Å². The van der Waals surface area contributed by atoms with Gasteiger partial charge in [-0.3, -0.25) is 9.69 Å². The van der Waals surface area contributed by atoms with E-state index in [1.54, 1.807) is 12.1 Å². The largest absolute Gasteiger partial charge is 0.349 e. The van der Waals surface area contributed by atoms with E-state index in [-0.39, 0.29) is 18.1 Å². The van der Waals surface area contributed by atoms with Crippen molar-refractivity contribution in [2.24, 2.45) is 0 Å². The number of aromatic nitrogens is 3. The number of hydrogen-bond acceptors (Lipinski definition) is 5. The maximum atomic E-state index is 13.3. The van der Waals surface area contributed by atoms with Crippen molar-refractivity contribution in [3.63, 3.8) is 0 Å². The Morgan fingerprint density at radius 3 is 2.90 bits per heavy atom. The molecule has 2 aromatic heterocycles. The second-order valence-corrected chi connectivity index (χ2v) is 8.68. The number of halogens is 1. The first-order chi connectivity index (χ1) is 14.1. The lowest BCUT2D eigenvalue weighted by atomic mass is 10.1. The smallest absolute Gasteiger partial charge is 0.224 e. The highest BCUT2D eigenvalue weighted by molar-refractivity contribution is 7.11. The lowest BCUT2D eigenvalue weighted by Crippen LogP contribution is -2.28. The summed E-state index contributed by atoms with van der Waals surface area (Å²) in [7, 11) is 0. The molecule has 1 aromatic carbocycles. The van der Waals surface area contributed by atoms with Crippen molar-refractivity contribution in [3.05, 3.63) is 69.2 Å². The molecule has 152 valence electrons. The van der Waals surface area contributed by atoms with Crippen LogP contribution in [0.3, 0.4) is 0 Å². The molecule has 29 heavy (non-hydrogen) atoms. The van der Waals surface area contributed by atoms with Crippen LogP contribution in [-0.4, -0.2) is 38.7 Å². The second-order valence-electron chi connectivity index (χ2n) is 7.31. The molecule has 0 aliphatic carbocycles. The van der Waals surface area contributed by atoms with E-state index in [0.29, 0.717) is 12.1 Å². The highest BCUT2D eigenvalue weighted by Gasteiger charge is 2.19. The molecule has 3 aromatic rings. The van der Waals surface area contributed by atoms with Crippen molar-refractivity contribution in [3.8, 4) is 0 Å². The van der Waals surface area contributed by atoms with Crippen LogP contribution in [0.4, 0.5) is 4.39 Å². The molecular formula is C21H24FN5OS. The average molecular weight is 414 g/mol. The number of aryl methyl sites for hydroxylation is 1. The molecule has 0 saturated carbocycles. The minimum absolute atomic E-state index is 0.146. The molecule has 1 N–H and O–H groups in total. The molecule has 1 aliphatic rings. The van der Waals surface area contributed by atoms with Crippen molar-refractivity contribution >= 4 is 17.2 Å². The molecular weight excluding hydrogens is 389 g/mol. The van der Waals surface area contributed by atoms with Crippen molar-refractivity contribution in [1.82, 2.24) is 25.0 Å². The lowest BCUT2D eigenvalue weighted by Gasteiger charge is -2.18. The summed E-state index contributed by atoms with van der Waals surface area (Å²) in [6, 6.07) is 10.5. The number of amides is 1. The number of fused-ring (bicyclic) bond motifs is 1. The maximum absolute atomic E-state index is 13.3. The summed E-state index contributed by atoms with van der Waals surface area (Å²) >= 11 is 1.84. The van der Waals surface area contributed by atoms with Crippen LogP contribution < -0.4 is 5.32 Å². The SMILES string of the molecule is Cc1ccc(CN2CCc3nnc(CNC(=O)Cc4cccc(F)c4)n3CC2)s1. The Balaban J connectivity index is 1.32. The van der Waals surface area contributed by atoms with Gasteiger partial charge in [-0.1, -0.05) is 12.1 Å². The third kappa shape index (κ3) is 5.07. The quantitative estimate of drug-likeness (QED) is 0.675. The molecule has 0 fully saturated rings. The molecule has 0 saturated heterocycles. The fourth-order valence-corrected chi connectivity index (χ4v) is 4.51. The minimum atomic E-state index is -0.333. The number of nitrogens with zero attached hydrogens (tertiary/aromatic N) is 4. The second kappa shape index (κ2) is 8.84. The fraction of sp³-hybridized carbons (Fsp3) is 0.381. The predicted molar refractivity (Wildman–Crippen MR) is 110 cm³/mol. The van der Waals surface area contributed by atoms with Gasteiger partial charge in [-0.25, -0.2) is 4.39 Å². The van der Waals surface area contributed by atoms with Gasteiger partial charge >= 0.3 is 0 Å². The highest BCUT2D eigenvalue weighted by atomic mass is 32.1. The van der Waals surface area contributed by atoms with Crippen LogP contribution in [0.2, 0.25) is 0 Å². The zero-order valence-corrected chi connectivity index (χ0v) is 17.2. The van der Waals surface area contributed by atoms with Gasteiger partial charge in [-0.05, 0) is 36.8 Å². The minimum Gasteiger partial charge on any atom is -0.349 e. The van der Waals surface area contributed by atoms with Crippen molar-refractivity contribution < 1.29 is 9.18 Å². The summed E-state index contributed by atoms with van der Waals surface area (Å²) in [4.78, 5) is 17.4. The summed E-state index contributed by atoms with van der Waals surface area (Å²) in [5, 5.41) is 11.5. The number of rotatable bonds is 6. The van der Waals surface area contributed by atoms with E-state index >= 15 is 0 Å². The third-order valence-corrected chi connectivity index (χ3v) is 6.05. The monoisotopic (exact) mass is 413 g/mol. The van der Waals surface area contributed by atoms with Gasteiger partial charge in [0.15, 0.2) is 5.82 Å². The third-order valence-electron chi connectivity index (χ3n) is 5.07. The summed E-state index contributed by atoms with van der Waals surface area (Å²) in [5.41, 5.74) is 0.655. The first kappa shape index (κ1) is 19.7. The van der Waals surface area contributed by atoms with Crippen LogP contribution >= 0.6 is 11.3 Å². The number of hydrogen-bond donors (Lipinski definition) is 1. The maximum Gasteiger partial charge on any atom is 0.224 e. The van der Waals surface area contributed by atoms with Crippen molar-refractivity contribution in [1.29, 1.82) is 0 Å². The standard InChI is InChI=1S/C21H24FN5OS/c1-15-5-6-18(29-15)14-26-8-7-19-24-25-20(27(19)10-9-26)13-23-21(28)12-16-3-2-4-17(22)11-16/h2-6,11H,7-10,12-14H2,1H3,(H,23,28). The summed E-state index contributed by atoms with van der Waals surface area (Å²) in [5.74, 6) is 1.24. The van der Waals surface area contributed by atoms with Crippen LogP contribution in [0.5, 0.6) is 0 Å². The van der Waals surface area contributed by atoms with Crippen LogP contribution in [0.1, 0.15) is 27.0 Å². The predicted octanol–water partition coefficient (Wildman–Crippen LogP) is 2.70. The molecule has 1 amide bonds. The van der Waals surface area contributed by atoms with Crippen LogP contribution in [0, 0.1) is 12.7 Å². The first-order valence-corrected chi connectivity index (χ1v) is 10.6. The fourth-order valence-electron chi connectivity index (χ4n) is 3.58. The van der Waals surface area contributed by atoms with E-state index < -0.39 is 0 Å². The van der Waals surface area contributed by atoms with Gasteiger partial charge in [0.25, 0.3) is 0 Å². The van der Waals surface area contributed by atoms with Crippen LogP contribution in [0.25, 0.3) is 0 Å². The molecule has 0 atom stereocenters. The van der Waals surface area contributed by atoms with Crippen molar-refractivity contribution in [2.75, 3.05) is 13.1 Å². The zero-order valence-electron chi connectivity index (χ0n) is 16.4. The Kier molecular flexibility index (Phi) is 6.01. The van der Waals surface area contributed by atoms with Gasteiger partial charge in [0.2, 0.25) is 5.91 Å². The van der Waals surface area contributed by atoms with Gasteiger partial charge in [-0.2, -0.15) is 0 Å². The summed E-state index contributed by atoms with van der Waals surface area (Å²) < 4.78 is 15.4. The number of carbonyl (C=O) groups excluding carboxylic acids is 1. The van der Waals surface area contributed by atoms with Crippen molar-refractivity contribution in [2.45, 2.75) is 39.4 Å². The molecule has 4 rings (SSSR count). The Hall–Kier alpha value is -2.58. The molecule has 0 bridgehead atoms. The first-order valence-electron chi connectivity index (χ1n) is 9.76. The molecule has 3 heterocycles. The highest BCUT2D eigenvalue weighted by Crippen LogP contribution is 2.19. The summed E-state index contributed by atoms with van der Waals surface area (Å²) in [6.07, 6.45) is 0.987. The van der Waals surface area contributed by atoms with E-state index in [9.17, 15) is 9.18 Å². The average Bonchev–Trinajstić information content (AvgIpc) is 3.22. The summed E-state index contributed by atoms with van der Waals surface area (Å²) in [6.45, 7) is 6.09. The van der Waals surface area contributed by atoms with E-state index in [1.165, 1.54) is 21.9 Å². The van der Waals surface area contributed by atoms with Crippen LogP contribution in [-0.2, 0) is 37.3 Å². The Bertz CT molecular complexity index is 999. The van der Waals surface area contributed by atoms with Gasteiger partial charge in [-0.15, -0.1) is 21.5 Å². The van der Waals surface area contributed by atoms with Crippen LogP contribution in [0.15, 0.2) is 36.4 Å². The topological polar surface area (TPSA) is 63.1 Å². The molecule has 8 heteroatoms. The van der Waals surface area contributed by atoms with E-state index in [1.807, 2.05) is 11.3 Å². The number of carbonyl (C=O) groups is 1. The molecule has 0 unspecified atom stereocenters. The lowest BCUT2D eigenvalue weighted by molar-refractivity contribution is -0.120. The Morgan fingerprint density at radius 1 is 1.21 bits per heavy atom. The van der Waals surface area contributed by atoms with Gasteiger partial charge < -0.3 is 9.88 Å². The number of thiophene rings is 1. The van der Waals surface area contributed by atoms with E-state index in [0.717, 1.165) is 44.2 Å². The number of benzene rings is 1. The van der Waals surface area contributed by atoms with E-state index in [4.69, 9.17) is 0 Å². The number of nitrogens with one attached hydrogen (secondary N) is 1. The molecule has 0 radical (unpaired) electrons. The molecule has 6 nitrogen and oxygen atoms in total. The molecule has 0 spiro atoms. The van der Waals surface area contributed by atoms with Gasteiger partial charge in [0, 0.05) is 42.4 Å². The van der Waals surface area contributed by atoms with E-state index in [2.05, 4.69) is 44.0 Å². The Morgan fingerprint density at radius 2 is 2.10 bits per heavy atom. The normalized spacial score (nSPS) is 14.4. The van der Waals surface area contributed by atoms with Gasteiger partial charge in [0.1, 0.15) is 11.6 Å². The molecule has 1 aliphatic heterocycles. The van der Waals surface area contributed by atoms with Gasteiger partial charge in [0.05, 0.1) is 13.0 Å².